The summed E-state index contributed by atoms with van der Waals surface area (Å²) in [6.45, 7) is 1.67. The summed E-state index contributed by atoms with van der Waals surface area (Å²) in [7, 11) is 1.58. The number of hydrogen-bond acceptors (Lipinski definition) is 5. The van der Waals surface area contributed by atoms with Crippen molar-refractivity contribution < 1.29 is 19.1 Å². The van der Waals surface area contributed by atoms with Gasteiger partial charge in [-0.05, 0) is 19.1 Å². The molecular weight excluding hydrogens is 312 g/mol. The van der Waals surface area contributed by atoms with Crippen molar-refractivity contribution in [3.05, 3.63) is 47.7 Å². The molecule has 126 valence electrons. The molecule has 0 fully saturated rings. The van der Waals surface area contributed by atoms with Crippen LogP contribution in [0, 0.1) is 0 Å². The predicted octanol–water partition coefficient (Wildman–Crippen LogP) is 0.965. The number of aromatic nitrogens is 2. The first-order chi connectivity index (χ1) is 11.5. The summed E-state index contributed by atoms with van der Waals surface area (Å²) in [6.07, 6.45) is 1.32. The van der Waals surface area contributed by atoms with Crippen LogP contribution in [0.25, 0.3) is 0 Å². The quantitative estimate of drug-likeness (QED) is 0.768. The van der Waals surface area contributed by atoms with Crippen molar-refractivity contribution in [3.8, 4) is 0 Å². The minimum atomic E-state index is -0.575. The van der Waals surface area contributed by atoms with Crippen molar-refractivity contribution in [3.63, 3.8) is 0 Å². The van der Waals surface area contributed by atoms with Gasteiger partial charge >= 0.3 is 5.97 Å². The van der Waals surface area contributed by atoms with Crippen molar-refractivity contribution in [1.82, 2.24) is 15.1 Å². The highest BCUT2D eigenvalue weighted by Crippen LogP contribution is 2.15. The summed E-state index contributed by atoms with van der Waals surface area (Å²) >= 11 is 0. The minimum absolute atomic E-state index is 0.155. The molecule has 0 bridgehead atoms. The van der Waals surface area contributed by atoms with Crippen molar-refractivity contribution in [1.29, 1.82) is 0 Å². The third-order valence-corrected chi connectivity index (χ3v) is 3.14. The standard InChI is InChI=1S/C16H18N4O4/c1-3-24-16(23)12-9-18-20(2)14(12)19-13(21)10-17-15(22)11-7-5-4-6-8-11/h4-9H,3,10H2,1-2H3,(H,17,22)(H,19,21). The van der Waals surface area contributed by atoms with E-state index in [9.17, 15) is 14.4 Å². The number of rotatable bonds is 6. The highest BCUT2D eigenvalue weighted by atomic mass is 16.5. The molecule has 1 aromatic heterocycles. The number of nitrogens with one attached hydrogen (secondary N) is 2. The molecule has 1 aromatic carbocycles. The predicted molar refractivity (Wildman–Crippen MR) is 86.6 cm³/mol. The lowest BCUT2D eigenvalue weighted by atomic mass is 10.2. The van der Waals surface area contributed by atoms with Crippen molar-refractivity contribution in [2.75, 3.05) is 18.5 Å². The van der Waals surface area contributed by atoms with Crippen LogP contribution >= 0.6 is 0 Å². The molecule has 1 heterocycles. The number of amides is 2. The van der Waals surface area contributed by atoms with Gasteiger partial charge in [-0.25, -0.2) is 4.79 Å². The Bertz CT molecular complexity index is 740. The largest absolute Gasteiger partial charge is 0.462 e. The van der Waals surface area contributed by atoms with E-state index >= 15 is 0 Å². The molecule has 0 spiro atoms. The van der Waals surface area contributed by atoms with Crippen LogP contribution < -0.4 is 10.6 Å². The van der Waals surface area contributed by atoms with Gasteiger partial charge in [0.2, 0.25) is 5.91 Å². The molecule has 0 atom stereocenters. The fraction of sp³-hybridized carbons (Fsp3) is 0.250. The van der Waals surface area contributed by atoms with Crippen molar-refractivity contribution >= 4 is 23.6 Å². The second-order valence-corrected chi connectivity index (χ2v) is 4.85. The van der Waals surface area contributed by atoms with Gasteiger partial charge in [-0.1, -0.05) is 18.2 Å². The number of nitrogens with zero attached hydrogens (tertiary/aromatic N) is 2. The molecule has 2 amide bonds. The van der Waals surface area contributed by atoms with Gasteiger partial charge in [0.25, 0.3) is 5.91 Å². The van der Waals surface area contributed by atoms with Crippen LogP contribution in [-0.4, -0.2) is 40.7 Å². The monoisotopic (exact) mass is 330 g/mol. The molecule has 24 heavy (non-hydrogen) atoms. The summed E-state index contributed by atoms with van der Waals surface area (Å²) < 4.78 is 6.26. The van der Waals surface area contributed by atoms with Crippen LogP contribution in [0.3, 0.4) is 0 Å². The number of carbonyl (C=O) groups excluding carboxylic acids is 3. The van der Waals surface area contributed by atoms with E-state index in [1.54, 1.807) is 44.3 Å². The third-order valence-electron chi connectivity index (χ3n) is 3.14. The van der Waals surface area contributed by atoms with Gasteiger partial charge in [-0.3, -0.25) is 14.3 Å². The second-order valence-electron chi connectivity index (χ2n) is 4.85. The van der Waals surface area contributed by atoms with E-state index in [-0.39, 0.29) is 30.4 Å². The molecule has 8 heteroatoms. The molecule has 0 radical (unpaired) electrons. The lowest BCUT2D eigenvalue weighted by Crippen LogP contribution is -2.33. The van der Waals surface area contributed by atoms with Gasteiger partial charge in [0.05, 0.1) is 19.3 Å². The number of aryl methyl sites for hydroxylation is 1. The number of esters is 1. The molecular formula is C16H18N4O4. The van der Waals surface area contributed by atoms with Crippen LogP contribution in [0.15, 0.2) is 36.5 Å². The van der Waals surface area contributed by atoms with E-state index in [2.05, 4.69) is 15.7 Å². The second kappa shape index (κ2) is 7.91. The van der Waals surface area contributed by atoms with Crippen LogP contribution in [0.1, 0.15) is 27.6 Å². The van der Waals surface area contributed by atoms with Crippen LogP contribution in [-0.2, 0) is 16.6 Å². The van der Waals surface area contributed by atoms with E-state index in [0.29, 0.717) is 5.56 Å². The summed E-state index contributed by atoms with van der Waals surface area (Å²) in [4.78, 5) is 35.7. The average Bonchev–Trinajstić information content (AvgIpc) is 2.94. The normalized spacial score (nSPS) is 10.1. The third kappa shape index (κ3) is 4.19. The average molecular weight is 330 g/mol. The van der Waals surface area contributed by atoms with Crippen LogP contribution in [0.4, 0.5) is 5.82 Å². The maximum Gasteiger partial charge on any atom is 0.343 e. The number of ether oxygens (including phenoxy) is 1. The van der Waals surface area contributed by atoms with E-state index in [4.69, 9.17) is 4.74 Å². The molecule has 8 nitrogen and oxygen atoms in total. The van der Waals surface area contributed by atoms with Gasteiger partial charge in [0, 0.05) is 12.6 Å². The van der Waals surface area contributed by atoms with Gasteiger partial charge < -0.3 is 15.4 Å². The molecule has 0 aliphatic carbocycles. The van der Waals surface area contributed by atoms with E-state index < -0.39 is 11.9 Å². The molecule has 0 aliphatic rings. The Morgan fingerprint density at radius 2 is 1.92 bits per heavy atom. The number of anilines is 1. The Hall–Kier alpha value is -3.16. The molecule has 2 rings (SSSR count). The first-order valence-electron chi connectivity index (χ1n) is 7.35. The van der Waals surface area contributed by atoms with Crippen molar-refractivity contribution in [2.24, 2.45) is 7.05 Å². The highest BCUT2D eigenvalue weighted by molar-refractivity contribution is 6.02. The van der Waals surface area contributed by atoms with Crippen LogP contribution in [0.2, 0.25) is 0 Å². The van der Waals surface area contributed by atoms with Gasteiger partial charge in [0.15, 0.2) is 0 Å². The molecule has 2 N–H and O–H groups in total. The van der Waals surface area contributed by atoms with E-state index in [1.165, 1.54) is 10.9 Å². The zero-order valence-electron chi connectivity index (χ0n) is 13.4. The molecule has 0 saturated heterocycles. The summed E-state index contributed by atoms with van der Waals surface area (Å²) in [5, 5.41) is 8.99. The molecule has 2 aromatic rings. The van der Waals surface area contributed by atoms with Gasteiger partial charge in [0.1, 0.15) is 11.4 Å². The number of carbonyl (C=O) groups is 3. The molecule has 0 saturated carbocycles. The fourth-order valence-electron chi connectivity index (χ4n) is 1.97. The topological polar surface area (TPSA) is 102 Å². The lowest BCUT2D eigenvalue weighted by molar-refractivity contribution is -0.115. The lowest BCUT2D eigenvalue weighted by Gasteiger charge is -2.09. The fourth-order valence-corrected chi connectivity index (χ4v) is 1.97. The molecule has 0 unspecified atom stereocenters. The Balaban J connectivity index is 1.97. The summed E-state index contributed by atoms with van der Waals surface area (Å²) in [5.74, 6) is -1.20. The summed E-state index contributed by atoms with van der Waals surface area (Å²) in [5.41, 5.74) is 0.611. The van der Waals surface area contributed by atoms with Crippen LogP contribution in [0.5, 0.6) is 0 Å². The maximum absolute atomic E-state index is 12.0. The zero-order valence-corrected chi connectivity index (χ0v) is 13.4. The Labute approximate surface area is 138 Å². The minimum Gasteiger partial charge on any atom is -0.462 e. The SMILES string of the molecule is CCOC(=O)c1cnn(C)c1NC(=O)CNC(=O)c1ccccc1. The Morgan fingerprint density at radius 1 is 1.21 bits per heavy atom. The molecule has 0 aliphatic heterocycles. The smallest absolute Gasteiger partial charge is 0.343 e. The number of hydrogen-bond donors (Lipinski definition) is 2. The van der Waals surface area contributed by atoms with Gasteiger partial charge in [-0.15, -0.1) is 0 Å². The zero-order chi connectivity index (χ0) is 17.5. The summed E-state index contributed by atoms with van der Waals surface area (Å²) in [6, 6.07) is 8.55. The van der Waals surface area contributed by atoms with Crippen molar-refractivity contribution in [2.45, 2.75) is 6.92 Å². The van der Waals surface area contributed by atoms with Gasteiger partial charge in [-0.2, -0.15) is 5.10 Å². The first-order valence-corrected chi connectivity index (χ1v) is 7.35. The Kier molecular flexibility index (Phi) is 5.67. The van der Waals surface area contributed by atoms with E-state index in [1.807, 2.05) is 0 Å². The van der Waals surface area contributed by atoms with E-state index in [0.717, 1.165) is 0 Å². The maximum atomic E-state index is 12.0. The first kappa shape index (κ1) is 17.2. The Morgan fingerprint density at radius 3 is 2.58 bits per heavy atom. The highest BCUT2D eigenvalue weighted by Gasteiger charge is 2.19. The number of benzene rings is 1.